The molecule has 0 spiro atoms. The van der Waals surface area contributed by atoms with Gasteiger partial charge in [0.15, 0.2) is 0 Å². The van der Waals surface area contributed by atoms with Crippen molar-refractivity contribution in [2.24, 2.45) is 0 Å². The first-order chi connectivity index (χ1) is 19.7. The van der Waals surface area contributed by atoms with E-state index >= 15 is 0 Å². The maximum Gasteiger partial charge on any atom is 0.146 e. The Morgan fingerprint density at radius 1 is 0.650 bits per heavy atom. The molecule has 0 aliphatic heterocycles. The van der Waals surface area contributed by atoms with Crippen LogP contribution in [0.4, 0.5) is 0 Å². The quantitative estimate of drug-likeness (QED) is 0.236. The number of hydrogen-bond acceptors (Lipinski definition) is 2. The highest BCUT2D eigenvalue weighted by molar-refractivity contribution is 6.16. The third-order valence-corrected chi connectivity index (χ3v) is 8.38. The Bertz CT molecular complexity index is 2100. The topological polar surface area (TPSA) is 30.7 Å². The van der Waals surface area contributed by atoms with Crippen molar-refractivity contribution in [3.8, 4) is 39.3 Å². The maximum atomic E-state index is 5.35. The van der Waals surface area contributed by atoms with Crippen LogP contribution in [-0.4, -0.2) is 14.5 Å². The number of para-hydroxylation sites is 1. The summed E-state index contributed by atoms with van der Waals surface area (Å²) >= 11 is 0. The van der Waals surface area contributed by atoms with Gasteiger partial charge in [-0.1, -0.05) is 66.7 Å². The van der Waals surface area contributed by atoms with Crippen LogP contribution in [0.25, 0.3) is 61.3 Å². The summed E-state index contributed by atoms with van der Waals surface area (Å²) in [5.41, 5.74) is 15.3. The molecule has 0 N–H and O–H groups in total. The molecule has 4 aromatic carbocycles. The van der Waals surface area contributed by atoms with Gasteiger partial charge in [0, 0.05) is 33.8 Å². The third-order valence-electron chi connectivity index (χ3n) is 8.38. The van der Waals surface area contributed by atoms with Gasteiger partial charge in [-0.25, -0.2) is 4.98 Å². The SMILES string of the molecule is Cc1cnc(-c2cccc(-c3ccc4c5c6c(ccc5n(-c5ccccc5)c4n3)Cc3ccccc3-6)c2)cc1C. The van der Waals surface area contributed by atoms with Crippen molar-refractivity contribution >= 4 is 21.9 Å². The Balaban J connectivity index is 1.38. The third kappa shape index (κ3) is 3.44. The van der Waals surface area contributed by atoms with Crippen LogP contribution >= 0.6 is 0 Å². The minimum atomic E-state index is 0.954. The second kappa shape index (κ2) is 8.75. The molecule has 1 aliphatic rings. The van der Waals surface area contributed by atoms with Crippen LogP contribution in [0.5, 0.6) is 0 Å². The lowest BCUT2D eigenvalue weighted by Crippen LogP contribution is -1.96. The van der Waals surface area contributed by atoms with E-state index in [1.807, 2.05) is 6.20 Å². The molecule has 190 valence electrons. The predicted octanol–water partition coefficient (Wildman–Crippen LogP) is 9.10. The van der Waals surface area contributed by atoms with Gasteiger partial charge in [0.05, 0.1) is 16.9 Å². The lowest BCUT2D eigenvalue weighted by Gasteiger charge is -2.09. The monoisotopic (exact) mass is 513 g/mol. The highest BCUT2D eigenvalue weighted by Gasteiger charge is 2.25. The van der Waals surface area contributed by atoms with E-state index in [2.05, 4.69) is 128 Å². The highest BCUT2D eigenvalue weighted by atomic mass is 15.0. The van der Waals surface area contributed by atoms with Gasteiger partial charge in [-0.05, 0) is 96.1 Å². The smallest absolute Gasteiger partial charge is 0.146 e. The molecule has 0 amide bonds. The van der Waals surface area contributed by atoms with Crippen LogP contribution in [0.3, 0.4) is 0 Å². The number of rotatable bonds is 3. The van der Waals surface area contributed by atoms with E-state index in [-0.39, 0.29) is 0 Å². The van der Waals surface area contributed by atoms with Gasteiger partial charge in [0.25, 0.3) is 0 Å². The van der Waals surface area contributed by atoms with Gasteiger partial charge >= 0.3 is 0 Å². The lowest BCUT2D eigenvalue weighted by molar-refractivity contribution is 1.14. The van der Waals surface area contributed by atoms with E-state index in [0.29, 0.717) is 0 Å². The Morgan fingerprint density at radius 2 is 1.45 bits per heavy atom. The van der Waals surface area contributed by atoms with Crippen LogP contribution in [0.1, 0.15) is 22.3 Å². The summed E-state index contributed by atoms with van der Waals surface area (Å²) in [6.07, 6.45) is 2.93. The molecule has 3 heterocycles. The summed E-state index contributed by atoms with van der Waals surface area (Å²) in [5, 5.41) is 2.47. The van der Waals surface area contributed by atoms with Crippen LogP contribution in [0, 0.1) is 13.8 Å². The van der Waals surface area contributed by atoms with Crippen LogP contribution in [-0.2, 0) is 6.42 Å². The molecular formula is C37H27N3. The molecule has 0 unspecified atom stereocenters. The highest BCUT2D eigenvalue weighted by Crippen LogP contribution is 2.45. The van der Waals surface area contributed by atoms with E-state index in [0.717, 1.165) is 40.3 Å². The van der Waals surface area contributed by atoms with Gasteiger partial charge in [-0.3, -0.25) is 9.55 Å². The van der Waals surface area contributed by atoms with Gasteiger partial charge < -0.3 is 0 Å². The summed E-state index contributed by atoms with van der Waals surface area (Å²) in [6, 6.07) is 39.2. The number of benzene rings is 4. The predicted molar refractivity (Wildman–Crippen MR) is 165 cm³/mol. The van der Waals surface area contributed by atoms with E-state index in [1.165, 1.54) is 49.7 Å². The first kappa shape index (κ1) is 22.9. The minimum Gasteiger partial charge on any atom is -0.294 e. The summed E-state index contributed by atoms with van der Waals surface area (Å²) in [5.74, 6) is 0. The molecule has 7 aromatic rings. The largest absolute Gasteiger partial charge is 0.294 e. The number of aromatic nitrogens is 3. The molecule has 0 saturated heterocycles. The molecule has 3 heteroatoms. The van der Waals surface area contributed by atoms with Crippen molar-refractivity contribution in [2.45, 2.75) is 20.3 Å². The molecular weight excluding hydrogens is 486 g/mol. The van der Waals surface area contributed by atoms with Crippen molar-refractivity contribution < 1.29 is 0 Å². The summed E-state index contributed by atoms with van der Waals surface area (Å²) in [4.78, 5) is 10.1. The van der Waals surface area contributed by atoms with Crippen molar-refractivity contribution in [1.82, 2.24) is 14.5 Å². The molecule has 0 radical (unpaired) electrons. The first-order valence-corrected chi connectivity index (χ1v) is 13.8. The number of fused-ring (bicyclic) bond motifs is 7. The van der Waals surface area contributed by atoms with E-state index in [1.54, 1.807) is 0 Å². The average molecular weight is 514 g/mol. The zero-order chi connectivity index (χ0) is 26.8. The maximum absolute atomic E-state index is 5.35. The second-order valence-electron chi connectivity index (χ2n) is 10.8. The fraction of sp³-hybridized carbons (Fsp3) is 0.0811. The molecule has 3 nitrogen and oxygen atoms in total. The number of pyridine rings is 2. The van der Waals surface area contributed by atoms with Crippen LogP contribution in [0.15, 0.2) is 115 Å². The minimum absolute atomic E-state index is 0.954. The van der Waals surface area contributed by atoms with Crippen molar-refractivity contribution in [3.05, 3.63) is 138 Å². The van der Waals surface area contributed by atoms with Gasteiger partial charge in [-0.15, -0.1) is 0 Å². The Hall–Kier alpha value is -5.02. The van der Waals surface area contributed by atoms with Crippen molar-refractivity contribution in [3.63, 3.8) is 0 Å². The zero-order valence-corrected chi connectivity index (χ0v) is 22.5. The molecule has 8 rings (SSSR count). The molecule has 0 bridgehead atoms. The zero-order valence-electron chi connectivity index (χ0n) is 22.5. The molecule has 0 fully saturated rings. The summed E-state index contributed by atoms with van der Waals surface area (Å²) in [7, 11) is 0. The van der Waals surface area contributed by atoms with Crippen molar-refractivity contribution in [1.29, 1.82) is 0 Å². The van der Waals surface area contributed by atoms with Gasteiger partial charge in [0.2, 0.25) is 0 Å². The normalized spacial score (nSPS) is 12.2. The Labute approximate surface area is 233 Å². The van der Waals surface area contributed by atoms with Crippen molar-refractivity contribution in [2.75, 3.05) is 0 Å². The molecule has 0 atom stereocenters. The number of hydrogen-bond donors (Lipinski definition) is 0. The summed E-state index contributed by atoms with van der Waals surface area (Å²) in [6.45, 7) is 4.24. The van der Waals surface area contributed by atoms with Gasteiger partial charge in [-0.2, -0.15) is 0 Å². The Morgan fingerprint density at radius 3 is 2.30 bits per heavy atom. The first-order valence-electron chi connectivity index (χ1n) is 13.8. The van der Waals surface area contributed by atoms with Gasteiger partial charge in [0.1, 0.15) is 5.65 Å². The van der Waals surface area contributed by atoms with E-state index in [9.17, 15) is 0 Å². The molecule has 0 saturated carbocycles. The number of nitrogens with zero attached hydrogens (tertiary/aromatic N) is 3. The van der Waals surface area contributed by atoms with E-state index < -0.39 is 0 Å². The second-order valence-corrected chi connectivity index (χ2v) is 10.8. The average Bonchev–Trinajstić information content (AvgIpc) is 3.54. The summed E-state index contributed by atoms with van der Waals surface area (Å²) < 4.78 is 2.32. The fourth-order valence-electron chi connectivity index (χ4n) is 6.22. The van der Waals surface area contributed by atoms with Crippen LogP contribution < -0.4 is 0 Å². The lowest BCUT2D eigenvalue weighted by atomic mass is 9.99. The molecule has 40 heavy (non-hydrogen) atoms. The van der Waals surface area contributed by atoms with Crippen LogP contribution in [0.2, 0.25) is 0 Å². The van der Waals surface area contributed by atoms with E-state index in [4.69, 9.17) is 9.97 Å². The molecule has 1 aliphatic carbocycles. The fourth-order valence-corrected chi connectivity index (χ4v) is 6.22. The Kier molecular flexibility index (Phi) is 5.02. The molecule has 3 aromatic heterocycles. The standard InChI is InChI=1S/C37H27N3/c1-23-19-33(38-22-24(23)2)27-11-8-10-26(21-27)32-17-16-31-36-34(40(37(31)39-32)29-12-4-3-5-13-29)18-15-28-20-25-9-6-7-14-30(25)35(28)36/h3-19,21-22H,20H2,1-2H3. The number of aryl methyl sites for hydroxylation is 2.